The third-order valence-electron chi connectivity index (χ3n) is 4.05. The lowest BCUT2D eigenvalue weighted by atomic mass is 9.91. The molecular weight excluding hydrogens is 321 g/mol. The first-order valence-electron chi connectivity index (χ1n) is 8.54. The predicted octanol–water partition coefficient (Wildman–Crippen LogP) is 3.92. The van der Waals surface area contributed by atoms with E-state index in [1.54, 1.807) is 6.07 Å². The number of methoxy groups -OCH3 is 1. The van der Waals surface area contributed by atoms with Gasteiger partial charge >= 0.3 is 0 Å². The SMILES string of the molecule is CCOc1ccc(CC(CN)c2ccc(OC)c(F)c2)c(OCC)c1. The minimum atomic E-state index is -0.379. The maximum Gasteiger partial charge on any atom is 0.165 e. The highest BCUT2D eigenvalue weighted by molar-refractivity contribution is 5.42. The molecule has 25 heavy (non-hydrogen) atoms. The molecule has 136 valence electrons. The molecule has 0 aliphatic heterocycles. The number of benzene rings is 2. The fraction of sp³-hybridized carbons (Fsp3) is 0.400. The molecule has 0 aliphatic rings. The van der Waals surface area contributed by atoms with Crippen LogP contribution in [-0.4, -0.2) is 26.9 Å². The van der Waals surface area contributed by atoms with Gasteiger partial charge in [-0.15, -0.1) is 0 Å². The molecule has 4 nitrogen and oxygen atoms in total. The molecule has 0 heterocycles. The molecule has 1 unspecified atom stereocenters. The van der Waals surface area contributed by atoms with E-state index >= 15 is 0 Å². The van der Waals surface area contributed by atoms with Gasteiger partial charge in [0.1, 0.15) is 11.5 Å². The second-order valence-electron chi connectivity index (χ2n) is 5.67. The molecule has 0 fully saturated rings. The minimum Gasteiger partial charge on any atom is -0.494 e. The van der Waals surface area contributed by atoms with Crippen LogP contribution in [0.2, 0.25) is 0 Å². The van der Waals surface area contributed by atoms with Crippen molar-refractivity contribution in [3.63, 3.8) is 0 Å². The number of ether oxygens (including phenoxy) is 3. The third-order valence-corrected chi connectivity index (χ3v) is 4.05. The fourth-order valence-electron chi connectivity index (χ4n) is 2.79. The van der Waals surface area contributed by atoms with E-state index in [0.717, 1.165) is 22.6 Å². The molecule has 2 aromatic carbocycles. The van der Waals surface area contributed by atoms with Crippen LogP contribution in [0.15, 0.2) is 36.4 Å². The Morgan fingerprint density at radius 3 is 2.36 bits per heavy atom. The highest BCUT2D eigenvalue weighted by atomic mass is 19.1. The average Bonchev–Trinajstić information content (AvgIpc) is 2.61. The number of hydrogen-bond donors (Lipinski definition) is 1. The van der Waals surface area contributed by atoms with Crippen molar-refractivity contribution in [2.75, 3.05) is 26.9 Å². The Morgan fingerprint density at radius 2 is 1.76 bits per heavy atom. The lowest BCUT2D eigenvalue weighted by Crippen LogP contribution is -2.16. The van der Waals surface area contributed by atoms with E-state index in [2.05, 4.69) is 0 Å². The molecule has 0 amide bonds. The predicted molar refractivity (Wildman–Crippen MR) is 97.2 cm³/mol. The summed E-state index contributed by atoms with van der Waals surface area (Å²) < 4.78 is 30.3. The molecule has 0 bridgehead atoms. The maximum atomic E-state index is 14.0. The number of rotatable bonds is 9. The summed E-state index contributed by atoms with van der Waals surface area (Å²) in [5.41, 5.74) is 7.83. The average molecular weight is 347 g/mol. The van der Waals surface area contributed by atoms with Gasteiger partial charge in [-0.25, -0.2) is 4.39 Å². The molecule has 0 saturated heterocycles. The summed E-state index contributed by atoms with van der Waals surface area (Å²) in [6.45, 7) is 5.45. The van der Waals surface area contributed by atoms with Crippen LogP contribution in [0.4, 0.5) is 4.39 Å². The van der Waals surface area contributed by atoms with Crippen molar-refractivity contribution in [2.24, 2.45) is 5.73 Å². The van der Waals surface area contributed by atoms with Crippen LogP contribution in [0.5, 0.6) is 17.2 Å². The largest absolute Gasteiger partial charge is 0.494 e. The summed E-state index contributed by atoms with van der Waals surface area (Å²) in [5.74, 6) is 1.39. The monoisotopic (exact) mass is 347 g/mol. The van der Waals surface area contributed by atoms with Gasteiger partial charge < -0.3 is 19.9 Å². The Hall–Kier alpha value is -2.27. The first-order chi connectivity index (χ1) is 12.1. The fourth-order valence-corrected chi connectivity index (χ4v) is 2.79. The first-order valence-corrected chi connectivity index (χ1v) is 8.54. The summed E-state index contributed by atoms with van der Waals surface area (Å²) in [7, 11) is 1.45. The van der Waals surface area contributed by atoms with Gasteiger partial charge in [-0.2, -0.15) is 0 Å². The Balaban J connectivity index is 2.27. The van der Waals surface area contributed by atoms with E-state index in [0.29, 0.717) is 26.2 Å². The highest BCUT2D eigenvalue weighted by Gasteiger charge is 2.16. The molecule has 0 aromatic heterocycles. The van der Waals surface area contributed by atoms with Crippen LogP contribution >= 0.6 is 0 Å². The van der Waals surface area contributed by atoms with Gasteiger partial charge in [0.15, 0.2) is 11.6 Å². The van der Waals surface area contributed by atoms with Crippen LogP contribution in [0.3, 0.4) is 0 Å². The quantitative estimate of drug-likeness (QED) is 0.747. The summed E-state index contributed by atoms with van der Waals surface area (Å²) in [4.78, 5) is 0. The van der Waals surface area contributed by atoms with E-state index in [9.17, 15) is 4.39 Å². The number of halogens is 1. The number of hydrogen-bond acceptors (Lipinski definition) is 4. The molecule has 0 saturated carbocycles. The molecule has 1 atom stereocenters. The van der Waals surface area contributed by atoms with E-state index in [1.807, 2.05) is 38.1 Å². The maximum absolute atomic E-state index is 14.0. The van der Waals surface area contributed by atoms with Crippen molar-refractivity contribution in [2.45, 2.75) is 26.2 Å². The summed E-state index contributed by atoms with van der Waals surface area (Å²) in [6.07, 6.45) is 0.657. The van der Waals surface area contributed by atoms with E-state index in [4.69, 9.17) is 19.9 Å². The Labute approximate surface area is 148 Å². The van der Waals surface area contributed by atoms with Crippen LogP contribution in [0.25, 0.3) is 0 Å². The zero-order valence-corrected chi connectivity index (χ0v) is 15.0. The smallest absolute Gasteiger partial charge is 0.165 e. The van der Waals surface area contributed by atoms with Gasteiger partial charge in [-0.3, -0.25) is 0 Å². The van der Waals surface area contributed by atoms with Crippen LogP contribution in [0, 0.1) is 5.82 Å². The molecule has 0 aliphatic carbocycles. The lowest BCUT2D eigenvalue weighted by molar-refractivity contribution is 0.320. The summed E-state index contributed by atoms with van der Waals surface area (Å²) in [6, 6.07) is 10.8. The summed E-state index contributed by atoms with van der Waals surface area (Å²) >= 11 is 0. The molecule has 0 radical (unpaired) electrons. The van der Waals surface area contributed by atoms with Crippen molar-refractivity contribution in [1.82, 2.24) is 0 Å². The second-order valence-corrected chi connectivity index (χ2v) is 5.67. The van der Waals surface area contributed by atoms with E-state index in [-0.39, 0.29) is 17.5 Å². The molecule has 2 N–H and O–H groups in total. The zero-order chi connectivity index (χ0) is 18.2. The van der Waals surface area contributed by atoms with Crippen molar-refractivity contribution in [3.05, 3.63) is 53.3 Å². The molecule has 2 rings (SSSR count). The van der Waals surface area contributed by atoms with Crippen LogP contribution in [-0.2, 0) is 6.42 Å². The van der Waals surface area contributed by atoms with E-state index < -0.39 is 0 Å². The molecular formula is C20H26FNO3. The Bertz CT molecular complexity index is 691. The van der Waals surface area contributed by atoms with Gasteiger partial charge in [0.25, 0.3) is 0 Å². The standard InChI is InChI=1S/C20H26FNO3/c1-4-24-17-8-6-15(20(12-17)25-5-2)10-16(13-22)14-7-9-19(23-3)18(21)11-14/h6-9,11-12,16H,4-5,10,13,22H2,1-3H3. The van der Waals surface area contributed by atoms with Crippen LogP contribution in [0.1, 0.15) is 30.9 Å². The zero-order valence-electron chi connectivity index (χ0n) is 15.0. The van der Waals surface area contributed by atoms with Gasteiger partial charge in [0, 0.05) is 12.0 Å². The Kier molecular flexibility index (Phi) is 7.07. The Morgan fingerprint density at radius 1 is 1.00 bits per heavy atom. The first kappa shape index (κ1) is 19.1. The van der Waals surface area contributed by atoms with Crippen molar-refractivity contribution < 1.29 is 18.6 Å². The van der Waals surface area contributed by atoms with Gasteiger partial charge in [-0.1, -0.05) is 12.1 Å². The van der Waals surface area contributed by atoms with Crippen molar-refractivity contribution >= 4 is 0 Å². The molecule has 2 aromatic rings. The third kappa shape index (κ3) is 4.86. The van der Waals surface area contributed by atoms with Gasteiger partial charge in [-0.05, 0) is 56.1 Å². The minimum absolute atomic E-state index is 0.0162. The summed E-state index contributed by atoms with van der Waals surface area (Å²) in [5, 5.41) is 0. The number of nitrogens with two attached hydrogens (primary N) is 1. The van der Waals surface area contributed by atoms with Gasteiger partial charge in [0.2, 0.25) is 0 Å². The topological polar surface area (TPSA) is 53.7 Å². The van der Waals surface area contributed by atoms with Crippen molar-refractivity contribution in [1.29, 1.82) is 0 Å². The molecule has 0 spiro atoms. The van der Waals surface area contributed by atoms with E-state index in [1.165, 1.54) is 13.2 Å². The molecule has 5 heteroatoms. The normalized spacial score (nSPS) is 11.9. The second kappa shape index (κ2) is 9.28. The van der Waals surface area contributed by atoms with Gasteiger partial charge in [0.05, 0.1) is 20.3 Å². The highest BCUT2D eigenvalue weighted by Crippen LogP contribution is 2.31. The lowest BCUT2D eigenvalue weighted by Gasteiger charge is -2.19. The van der Waals surface area contributed by atoms with Crippen LogP contribution < -0.4 is 19.9 Å². The van der Waals surface area contributed by atoms with Crippen molar-refractivity contribution in [3.8, 4) is 17.2 Å².